The fraction of sp³-hybridized carbons (Fsp3) is 0.158. The van der Waals surface area contributed by atoms with E-state index >= 15 is 0 Å². The van der Waals surface area contributed by atoms with E-state index in [2.05, 4.69) is 10.9 Å². The molecule has 2 aromatic carbocycles. The van der Waals surface area contributed by atoms with Crippen molar-refractivity contribution in [3.05, 3.63) is 65.5 Å². The van der Waals surface area contributed by atoms with Gasteiger partial charge in [0, 0.05) is 11.6 Å². The molecule has 2 N–H and O–H groups in total. The summed E-state index contributed by atoms with van der Waals surface area (Å²) in [6.45, 7) is 2.35. The third-order valence-corrected chi connectivity index (χ3v) is 3.32. The Labute approximate surface area is 150 Å². The number of methoxy groups -OCH3 is 1. The van der Waals surface area contributed by atoms with Gasteiger partial charge in [-0.15, -0.1) is 0 Å². The lowest BCUT2D eigenvalue weighted by atomic mass is 10.2. The lowest BCUT2D eigenvalue weighted by molar-refractivity contribution is -0.117. The fourth-order valence-electron chi connectivity index (χ4n) is 2.07. The molecule has 0 radical (unpaired) electrons. The van der Waals surface area contributed by atoms with E-state index in [1.165, 1.54) is 18.2 Å². The molecular weight excluding hydrogens is 339 g/mol. The van der Waals surface area contributed by atoms with E-state index in [4.69, 9.17) is 9.47 Å². The molecule has 0 spiro atoms. The Bertz CT molecular complexity index is 804. The summed E-state index contributed by atoms with van der Waals surface area (Å²) in [6, 6.07) is 10.2. The van der Waals surface area contributed by atoms with Crippen LogP contribution < -0.4 is 20.3 Å². The Hall–Kier alpha value is -3.35. The maximum Gasteiger partial charge on any atom is 0.269 e. The topological polar surface area (TPSA) is 76.7 Å². The van der Waals surface area contributed by atoms with E-state index in [1.54, 1.807) is 31.4 Å². The highest BCUT2D eigenvalue weighted by molar-refractivity contribution is 5.97. The quantitative estimate of drug-likeness (QED) is 0.615. The normalized spacial score (nSPS) is 10.4. The Balaban J connectivity index is 1.93. The summed E-state index contributed by atoms with van der Waals surface area (Å²) in [7, 11) is 1.55. The molecule has 2 aromatic rings. The molecule has 2 amide bonds. The van der Waals surface area contributed by atoms with Crippen LogP contribution in [-0.4, -0.2) is 25.5 Å². The molecule has 0 aliphatic heterocycles. The van der Waals surface area contributed by atoms with Crippen molar-refractivity contribution in [1.82, 2.24) is 10.9 Å². The molecule has 0 saturated carbocycles. The number of hydrogen-bond donors (Lipinski definition) is 2. The van der Waals surface area contributed by atoms with Crippen molar-refractivity contribution < 1.29 is 23.5 Å². The summed E-state index contributed by atoms with van der Waals surface area (Å²) in [4.78, 5) is 23.6. The SMILES string of the molecule is CCOc1cc(/C=C/C(=O)NNC(=O)c2ccc(F)cc2)ccc1OC. The first-order valence-corrected chi connectivity index (χ1v) is 7.88. The van der Waals surface area contributed by atoms with Crippen LogP contribution in [0.4, 0.5) is 4.39 Å². The first-order valence-electron chi connectivity index (χ1n) is 7.88. The number of nitrogens with one attached hydrogen (secondary N) is 2. The van der Waals surface area contributed by atoms with Crippen molar-refractivity contribution >= 4 is 17.9 Å². The van der Waals surface area contributed by atoms with Crippen LogP contribution in [0.1, 0.15) is 22.8 Å². The highest BCUT2D eigenvalue weighted by atomic mass is 19.1. The predicted octanol–water partition coefficient (Wildman–Crippen LogP) is 2.71. The van der Waals surface area contributed by atoms with Crippen LogP contribution in [0.2, 0.25) is 0 Å². The third kappa shape index (κ3) is 5.34. The zero-order valence-electron chi connectivity index (χ0n) is 14.4. The van der Waals surface area contributed by atoms with E-state index in [-0.39, 0.29) is 5.56 Å². The largest absolute Gasteiger partial charge is 0.493 e. The standard InChI is InChI=1S/C19H19FN2O4/c1-3-26-17-12-13(4-10-16(17)25-2)5-11-18(23)21-22-19(24)14-6-8-15(20)9-7-14/h4-12H,3H2,1-2H3,(H,21,23)(H,22,24)/b11-5+. The first-order chi connectivity index (χ1) is 12.5. The van der Waals surface area contributed by atoms with Crippen molar-refractivity contribution in [3.8, 4) is 11.5 Å². The van der Waals surface area contributed by atoms with Crippen LogP contribution in [0.3, 0.4) is 0 Å². The van der Waals surface area contributed by atoms with Gasteiger partial charge in [0.15, 0.2) is 11.5 Å². The van der Waals surface area contributed by atoms with Gasteiger partial charge in [-0.1, -0.05) is 6.07 Å². The van der Waals surface area contributed by atoms with Gasteiger partial charge in [-0.25, -0.2) is 4.39 Å². The van der Waals surface area contributed by atoms with E-state index in [0.29, 0.717) is 18.1 Å². The summed E-state index contributed by atoms with van der Waals surface area (Å²) in [5.74, 6) is -0.342. The molecule has 0 aromatic heterocycles. The molecule has 0 saturated heterocycles. The van der Waals surface area contributed by atoms with E-state index in [1.807, 2.05) is 6.92 Å². The van der Waals surface area contributed by atoms with Crippen LogP contribution in [0.15, 0.2) is 48.5 Å². The molecule has 0 aliphatic rings. The molecule has 2 rings (SSSR count). The summed E-state index contributed by atoms with van der Waals surface area (Å²) in [5.41, 5.74) is 5.46. The lowest BCUT2D eigenvalue weighted by Crippen LogP contribution is -2.40. The summed E-state index contributed by atoms with van der Waals surface area (Å²) < 4.78 is 23.5. The number of rotatable bonds is 6. The monoisotopic (exact) mass is 358 g/mol. The smallest absolute Gasteiger partial charge is 0.269 e. The number of amides is 2. The number of hydrazine groups is 1. The molecule has 0 unspecified atom stereocenters. The number of ether oxygens (including phenoxy) is 2. The number of carbonyl (C=O) groups excluding carboxylic acids is 2. The van der Waals surface area contributed by atoms with Crippen LogP contribution in [0, 0.1) is 5.82 Å². The number of carbonyl (C=O) groups is 2. The molecule has 6 nitrogen and oxygen atoms in total. The zero-order valence-corrected chi connectivity index (χ0v) is 14.4. The maximum absolute atomic E-state index is 12.8. The Morgan fingerprint density at radius 2 is 1.81 bits per heavy atom. The van der Waals surface area contributed by atoms with Crippen molar-refractivity contribution in [2.45, 2.75) is 6.92 Å². The Kier molecular flexibility index (Phi) is 6.73. The second-order valence-electron chi connectivity index (χ2n) is 5.13. The molecule has 0 fully saturated rings. The van der Waals surface area contributed by atoms with Crippen molar-refractivity contribution in [2.75, 3.05) is 13.7 Å². The minimum atomic E-state index is -0.546. The van der Waals surface area contributed by atoms with Crippen LogP contribution >= 0.6 is 0 Å². The molecule has 136 valence electrons. The molecular formula is C19H19FN2O4. The molecule has 0 bridgehead atoms. The fourth-order valence-corrected chi connectivity index (χ4v) is 2.07. The van der Waals surface area contributed by atoms with Crippen molar-refractivity contribution in [2.24, 2.45) is 0 Å². The van der Waals surface area contributed by atoms with Gasteiger partial charge >= 0.3 is 0 Å². The lowest BCUT2D eigenvalue weighted by Gasteiger charge is -2.09. The Morgan fingerprint density at radius 3 is 2.46 bits per heavy atom. The number of benzene rings is 2. The predicted molar refractivity (Wildman–Crippen MR) is 95.2 cm³/mol. The molecule has 0 aliphatic carbocycles. The minimum absolute atomic E-state index is 0.229. The van der Waals surface area contributed by atoms with Gasteiger partial charge in [-0.3, -0.25) is 20.4 Å². The van der Waals surface area contributed by atoms with Gasteiger partial charge in [0.25, 0.3) is 11.8 Å². The van der Waals surface area contributed by atoms with Gasteiger partial charge in [-0.2, -0.15) is 0 Å². The molecule has 0 atom stereocenters. The van der Waals surface area contributed by atoms with Gasteiger partial charge < -0.3 is 9.47 Å². The second-order valence-corrected chi connectivity index (χ2v) is 5.13. The van der Waals surface area contributed by atoms with E-state index in [9.17, 15) is 14.0 Å². The minimum Gasteiger partial charge on any atom is -0.493 e. The second kappa shape index (κ2) is 9.22. The molecule has 26 heavy (non-hydrogen) atoms. The number of halogens is 1. The third-order valence-electron chi connectivity index (χ3n) is 3.32. The highest BCUT2D eigenvalue weighted by Crippen LogP contribution is 2.28. The summed E-state index contributed by atoms with van der Waals surface area (Å²) in [5, 5.41) is 0. The average molecular weight is 358 g/mol. The average Bonchev–Trinajstić information content (AvgIpc) is 2.65. The van der Waals surface area contributed by atoms with Crippen LogP contribution in [0.5, 0.6) is 11.5 Å². The summed E-state index contributed by atoms with van der Waals surface area (Å²) in [6.07, 6.45) is 2.84. The summed E-state index contributed by atoms with van der Waals surface area (Å²) >= 11 is 0. The van der Waals surface area contributed by atoms with Crippen LogP contribution in [-0.2, 0) is 4.79 Å². The van der Waals surface area contributed by atoms with Gasteiger partial charge in [-0.05, 0) is 55.0 Å². The van der Waals surface area contributed by atoms with Gasteiger partial charge in [0.2, 0.25) is 0 Å². The van der Waals surface area contributed by atoms with E-state index in [0.717, 1.165) is 17.7 Å². The highest BCUT2D eigenvalue weighted by Gasteiger charge is 2.07. The van der Waals surface area contributed by atoms with Crippen molar-refractivity contribution in [3.63, 3.8) is 0 Å². The van der Waals surface area contributed by atoms with Crippen LogP contribution in [0.25, 0.3) is 6.08 Å². The van der Waals surface area contributed by atoms with Crippen molar-refractivity contribution in [1.29, 1.82) is 0 Å². The zero-order chi connectivity index (χ0) is 18.9. The number of hydrogen-bond acceptors (Lipinski definition) is 4. The maximum atomic E-state index is 12.8. The van der Waals surface area contributed by atoms with Gasteiger partial charge in [0.1, 0.15) is 5.82 Å². The van der Waals surface area contributed by atoms with Gasteiger partial charge in [0.05, 0.1) is 13.7 Å². The molecule has 0 heterocycles. The first kappa shape index (κ1) is 19.0. The molecule has 7 heteroatoms. The van der Waals surface area contributed by atoms with E-state index < -0.39 is 17.6 Å². The Morgan fingerprint density at radius 1 is 1.08 bits per heavy atom.